The molecule has 0 spiro atoms. The number of fused-ring (bicyclic) bond motifs is 1. The van der Waals surface area contributed by atoms with Gasteiger partial charge in [-0.05, 0) is 73.7 Å². The Kier molecular flexibility index (Phi) is 12.2. The monoisotopic (exact) mass is 791 g/mol. The zero-order valence-corrected chi connectivity index (χ0v) is 30.1. The highest BCUT2D eigenvalue weighted by Crippen LogP contribution is 2.40. The lowest BCUT2D eigenvalue weighted by atomic mass is 9.99. The maximum Gasteiger partial charge on any atom is 0.416 e. The van der Waals surface area contributed by atoms with Gasteiger partial charge in [0.05, 0.1) is 52.9 Å². The molecule has 54 heavy (non-hydrogen) atoms. The summed E-state index contributed by atoms with van der Waals surface area (Å²) in [6, 6.07) is 4.37. The smallest absolute Gasteiger partial charge is 0.416 e. The van der Waals surface area contributed by atoms with Gasteiger partial charge in [0.25, 0.3) is 0 Å². The van der Waals surface area contributed by atoms with Crippen molar-refractivity contribution in [2.24, 2.45) is 5.92 Å². The highest BCUT2D eigenvalue weighted by atomic mass is 32.2. The molecule has 0 amide bonds. The van der Waals surface area contributed by atoms with E-state index in [0.29, 0.717) is 24.6 Å². The maximum absolute atomic E-state index is 13.9. The van der Waals surface area contributed by atoms with Crippen LogP contribution in [0.2, 0.25) is 0 Å². The minimum atomic E-state index is -5.13. The molecule has 1 fully saturated rings. The van der Waals surface area contributed by atoms with Crippen molar-refractivity contribution in [2.75, 3.05) is 35.4 Å². The van der Waals surface area contributed by atoms with Gasteiger partial charge in [0.15, 0.2) is 15.6 Å². The van der Waals surface area contributed by atoms with Crippen molar-refractivity contribution in [3.05, 3.63) is 82.7 Å². The fourth-order valence-electron chi connectivity index (χ4n) is 6.37. The summed E-state index contributed by atoms with van der Waals surface area (Å²) in [6.45, 7) is 1.22. The first kappa shape index (κ1) is 40.8. The number of pyridine rings is 1. The Labute approximate surface area is 306 Å². The average molecular weight is 792 g/mol. The lowest BCUT2D eigenvalue weighted by Crippen LogP contribution is -2.29. The average Bonchev–Trinajstić information content (AvgIpc) is 3.61. The molecule has 2 heterocycles. The lowest BCUT2D eigenvalue weighted by Gasteiger charge is -2.31. The van der Waals surface area contributed by atoms with E-state index in [1.165, 1.54) is 24.0 Å². The second kappa shape index (κ2) is 16.2. The molecule has 0 bridgehead atoms. The highest BCUT2D eigenvalue weighted by molar-refractivity contribution is 7.90. The van der Waals surface area contributed by atoms with Gasteiger partial charge in [-0.25, -0.2) is 23.4 Å². The van der Waals surface area contributed by atoms with E-state index in [1.807, 2.05) is 0 Å². The molecule has 294 valence electrons. The van der Waals surface area contributed by atoms with E-state index in [1.54, 1.807) is 0 Å². The van der Waals surface area contributed by atoms with Gasteiger partial charge < -0.3 is 15.0 Å². The highest BCUT2D eigenvalue weighted by Gasteiger charge is 2.38. The van der Waals surface area contributed by atoms with E-state index in [0.717, 1.165) is 69.3 Å². The van der Waals surface area contributed by atoms with E-state index in [4.69, 9.17) is 4.74 Å². The van der Waals surface area contributed by atoms with E-state index in [9.17, 15) is 47.9 Å². The summed E-state index contributed by atoms with van der Waals surface area (Å²) in [5.41, 5.74) is -3.91. The first-order valence-electron chi connectivity index (χ1n) is 17.1. The van der Waals surface area contributed by atoms with Crippen molar-refractivity contribution in [2.45, 2.75) is 76.6 Å². The maximum atomic E-state index is 13.9. The SMILES string of the molecule is CC(c1cc(C(F)(F)F)cc(C(F)(F)F)c1)N(Cc1cc2cc(C(F)(F)F)ccc2nc1NCCCC1CCCC1)c1ncc(OCCS(C)(=O)=O)cn1. The van der Waals surface area contributed by atoms with Gasteiger partial charge in [-0.2, -0.15) is 39.5 Å². The quantitative estimate of drug-likeness (QED) is 0.0997. The van der Waals surface area contributed by atoms with Crippen LogP contribution in [-0.2, 0) is 34.9 Å². The van der Waals surface area contributed by atoms with Gasteiger partial charge in [-0.15, -0.1) is 0 Å². The van der Waals surface area contributed by atoms with Gasteiger partial charge in [0.2, 0.25) is 5.95 Å². The molecular weight excluding hydrogens is 753 g/mol. The summed E-state index contributed by atoms with van der Waals surface area (Å²) in [6.07, 6.45) is -5.33. The van der Waals surface area contributed by atoms with Crippen LogP contribution in [0.3, 0.4) is 0 Å². The van der Waals surface area contributed by atoms with E-state index < -0.39 is 56.7 Å². The molecule has 2 aromatic carbocycles. The molecule has 2 aromatic heterocycles. The molecule has 1 N–H and O–H groups in total. The van der Waals surface area contributed by atoms with Crippen molar-refractivity contribution in [1.82, 2.24) is 15.0 Å². The number of sulfone groups is 1. The molecule has 5 rings (SSSR count). The van der Waals surface area contributed by atoms with E-state index in [-0.39, 0.29) is 59.0 Å². The van der Waals surface area contributed by atoms with Gasteiger partial charge in [-0.3, -0.25) is 0 Å². The number of halogens is 9. The number of ether oxygens (including phenoxy) is 1. The zero-order chi connectivity index (χ0) is 39.5. The topological polar surface area (TPSA) is 97.3 Å². The number of nitrogens with one attached hydrogen (secondary N) is 1. The third-order valence-corrected chi connectivity index (χ3v) is 10.2. The molecule has 8 nitrogen and oxygen atoms in total. The fourth-order valence-corrected chi connectivity index (χ4v) is 6.76. The van der Waals surface area contributed by atoms with Crippen LogP contribution in [-0.4, -0.2) is 48.5 Å². The second-order valence-electron chi connectivity index (χ2n) is 13.5. The van der Waals surface area contributed by atoms with Crippen molar-refractivity contribution in [3.63, 3.8) is 0 Å². The Morgan fingerprint density at radius 1 is 0.870 bits per heavy atom. The molecule has 1 atom stereocenters. The summed E-state index contributed by atoms with van der Waals surface area (Å²) in [4.78, 5) is 14.4. The van der Waals surface area contributed by atoms with Gasteiger partial charge in [0, 0.05) is 23.8 Å². The predicted octanol–water partition coefficient (Wildman–Crippen LogP) is 9.65. The van der Waals surface area contributed by atoms with Crippen molar-refractivity contribution >= 4 is 32.5 Å². The zero-order valence-electron chi connectivity index (χ0n) is 29.2. The molecule has 1 aliphatic carbocycles. The van der Waals surface area contributed by atoms with Crippen LogP contribution < -0.4 is 15.0 Å². The number of nitrogens with zero attached hydrogens (tertiary/aromatic N) is 4. The molecule has 1 unspecified atom stereocenters. The first-order valence-corrected chi connectivity index (χ1v) is 19.2. The van der Waals surface area contributed by atoms with Crippen LogP contribution in [0.4, 0.5) is 51.3 Å². The Hall–Kier alpha value is -4.35. The van der Waals surface area contributed by atoms with Gasteiger partial charge in [0.1, 0.15) is 12.4 Å². The molecule has 18 heteroatoms. The summed E-state index contributed by atoms with van der Waals surface area (Å²) in [5, 5.41) is 3.34. The van der Waals surface area contributed by atoms with Crippen molar-refractivity contribution in [3.8, 4) is 5.75 Å². The van der Waals surface area contributed by atoms with E-state index >= 15 is 0 Å². The summed E-state index contributed by atoms with van der Waals surface area (Å²) >= 11 is 0. The van der Waals surface area contributed by atoms with Gasteiger partial charge >= 0.3 is 18.5 Å². The summed E-state index contributed by atoms with van der Waals surface area (Å²) in [7, 11) is -3.37. The van der Waals surface area contributed by atoms with Crippen LogP contribution in [0, 0.1) is 5.92 Å². The summed E-state index contributed by atoms with van der Waals surface area (Å²) in [5.74, 6) is 0.366. The number of benzene rings is 2. The minimum absolute atomic E-state index is 0.0127. The van der Waals surface area contributed by atoms with Crippen molar-refractivity contribution < 1.29 is 52.7 Å². The Bertz CT molecular complexity index is 1980. The normalized spacial score (nSPS) is 15.1. The fraction of sp³-hybridized carbons (Fsp3) is 0.472. The number of rotatable bonds is 14. The molecule has 1 aliphatic rings. The number of hydrogen-bond acceptors (Lipinski definition) is 8. The van der Waals surface area contributed by atoms with Crippen LogP contribution in [0.25, 0.3) is 10.9 Å². The van der Waals surface area contributed by atoms with Gasteiger partial charge in [-0.1, -0.05) is 25.7 Å². The van der Waals surface area contributed by atoms with Crippen LogP contribution in [0.15, 0.2) is 54.9 Å². The second-order valence-corrected chi connectivity index (χ2v) is 15.7. The number of anilines is 2. The summed E-state index contributed by atoms with van der Waals surface area (Å²) < 4.78 is 153. The molecule has 0 radical (unpaired) electrons. The predicted molar refractivity (Wildman–Crippen MR) is 185 cm³/mol. The largest absolute Gasteiger partial charge is 0.489 e. The van der Waals surface area contributed by atoms with Crippen LogP contribution >= 0.6 is 0 Å². The molecular formula is C36H38F9N5O3S. The molecule has 1 saturated carbocycles. The lowest BCUT2D eigenvalue weighted by molar-refractivity contribution is -0.143. The minimum Gasteiger partial charge on any atom is -0.489 e. The Balaban J connectivity index is 1.58. The number of hydrogen-bond donors (Lipinski definition) is 1. The van der Waals surface area contributed by atoms with E-state index in [2.05, 4.69) is 20.3 Å². The van der Waals surface area contributed by atoms with Crippen LogP contribution in [0.1, 0.15) is 79.3 Å². The molecule has 0 saturated heterocycles. The standard InChI is InChI=1S/C36H38F9N5O3S/c1-22(24-15-28(35(40,41)42)18-29(16-24)36(43,44)45)50(33-47-19-30(20-48-33)53-12-13-54(2,51)52)21-26-14-25-17-27(34(37,38)39)9-10-31(25)49-32(26)46-11-5-8-23-6-3-4-7-23/h9-10,14-20,22-23H,3-8,11-13,21H2,1-2H3,(H,46,49). The van der Waals surface area contributed by atoms with Crippen LogP contribution in [0.5, 0.6) is 5.75 Å². The van der Waals surface area contributed by atoms with Crippen molar-refractivity contribution in [1.29, 1.82) is 0 Å². The third-order valence-electron chi connectivity index (χ3n) is 9.27. The molecule has 0 aliphatic heterocycles. The third kappa shape index (κ3) is 10.9. The number of alkyl halides is 9. The Morgan fingerprint density at radius 2 is 1.48 bits per heavy atom. The first-order chi connectivity index (χ1) is 25.2. The molecule has 4 aromatic rings. The number of aromatic nitrogens is 3. The Morgan fingerprint density at radius 3 is 2.06 bits per heavy atom.